The third-order valence-corrected chi connectivity index (χ3v) is 5.37. The molecule has 0 fully saturated rings. The van der Waals surface area contributed by atoms with Crippen LogP contribution in [0, 0.1) is 5.82 Å². The van der Waals surface area contributed by atoms with Gasteiger partial charge < -0.3 is 15.7 Å². The summed E-state index contributed by atoms with van der Waals surface area (Å²) in [6.45, 7) is 3.86. The van der Waals surface area contributed by atoms with E-state index in [9.17, 15) is 14.3 Å². The number of nitrogens with one attached hydrogen (secondary N) is 2. The topological polar surface area (TPSA) is 87.1 Å². The lowest BCUT2D eigenvalue weighted by Crippen LogP contribution is -2.23. The standard InChI is InChI=1S/C20H20ClFN4O2S/c1-11(2)26-18-6-15(16(21)8-23-18)17-9-25-20(29-17)19(28)24-7-13-5-14(22)4-3-12(13)10-27/h3-6,8-9,11,27H,7,10H2,1-2H3,(H,23,26)(H,24,28). The van der Waals surface area contributed by atoms with Gasteiger partial charge in [0.05, 0.1) is 16.5 Å². The van der Waals surface area contributed by atoms with Crippen LogP contribution in [0.1, 0.15) is 34.8 Å². The van der Waals surface area contributed by atoms with Crippen LogP contribution in [-0.4, -0.2) is 27.0 Å². The Morgan fingerprint density at radius 1 is 1.24 bits per heavy atom. The maximum atomic E-state index is 13.4. The molecule has 2 aromatic heterocycles. The van der Waals surface area contributed by atoms with Gasteiger partial charge >= 0.3 is 0 Å². The molecular weight excluding hydrogens is 415 g/mol. The van der Waals surface area contributed by atoms with Crippen molar-refractivity contribution in [1.82, 2.24) is 15.3 Å². The molecule has 0 saturated carbocycles. The van der Waals surface area contributed by atoms with E-state index in [0.29, 0.717) is 22.0 Å². The van der Waals surface area contributed by atoms with E-state index < -0.39 is 5.82 Å². The second-order valence-corrected chi connectivity index (χ2v) is 8.07. The highest BCUT2D eigenvalue weighted by molar-refractivity contribution is 7.17. The Morgan fingerprint density at radius 3 is 2.76 bits per heavy atom. The van der Waals surface area contributed by atoms with E-state index in [1.165, 1.54) is 29.5 Å². The number of carbonyl (C=O) groups is 1. The number of thiazole rings is 1. The van der Waals surface area contributed by atoms with E-state index in [0.717, 1.165) is 10.4 Å². The van der Waals surface area contributed by atoms with Gasteiger partial charge in [-0.1, -0.05) is 17.7 Å². The molecule has 0 aliphatic carbocycles. The molecule has 152 valence electrons. The van der Waals surface area contributed by atoms with Crippen molar-refractivity contribution in [2.75, 3.05) is 5.32 Å². The van der Waals surface area contributed by atoms with Crippen molar-refractivity contribution < 1.29 is 14.3 Å². The van der Waals surface area contributed by atoms with Gasteiger partial charge in [0.2, 0.25) is 0 Å². The third kappa shape index (κ3) is 5.29. The van der Waals surface area contributed by atoms with E-state index in [1.807, 2.05) is 19.9 Å². The third-order valence-electron chi connectivity index (χ3n) is 4.04. The van der Waals surface area contributed by atoms with Gasteiger partial charge in [0.1, 0.15) is 11.6 Å². The number of anilines is 1. The largest absolute Gasteiger partial charge is 0.392 e. The summed E-state index contributed by atoms with van der Waals surface area (Å²) in [6.07, 6.45) is 3.14. The van der Waals surface area contributed by atoms with Gasteiger partial charge in [0.25, 0.3) is 5.91 Å². The highest BCUT2D eigenvalue weighted by Crippen LogP contribution is 2.33. The highest BCUT2D eigenvalue weighted by atomic mass is 35.5. The number of halogens is 2. The first kappa shape index (κ1) is 21.2. The van der Waals surface area contributed by atoms with E-state index >= 15 is 0 Å². The predicted molar refractivity (Wildman–Crippen MR) is 113 cm³/mol. The second-order valence-electron chi connectivity index (χ2n) is 6.63. The van der Waals surface area contributed by atoms with Crippen molar-refractivity contribution in [3.05, 3.63) is 63.6 Å². The molecule has 0 spiro atoms. The Hall–Kier alpha value is -2.55. The van der Waals surface area contributed by atoms with Gasteiger partial charge in [-0.15, -0.1) is 11.3 Å². The predicted octanol–water partition coefficient (Wildman–Crippen LogP) is 4.24. The molecule has 6 nitrogen and oxygen atoms in total. The molecule has 0 unspecified atom stereocenters. The SMILES string of the molecule is CC(C)Nc1cc(-c2cnc(C(=O)NCc3cc(F)ccc3CO)s2)c(Cl)cn1. The summed E-state index contributed by atoms with van der Waals surface area (Å²) in [5, 5.41) is 16.0. The number of carbonyl (C=O) groups excluding carboxylic acids is 1. The number of hydrogen-bond acceptors (Lipinski definition) is 6. The molecule has 9 heteroatoms. The quantitative estimate of drug-likeness (QED) is 0.517. The number of hydrogen-bond donors (Lipinski definition) is 3. The first-order chi connectivity index (χ1) is 13.9. The van der Waals surface area contributed by atoms with Crippen LogP contribution in [0.5, 0.6) is 0 Å². The van der Waals surface area contributed by atoms with Crippen molar-refractivity contribution in [1.29, 1.82) is 0 Å². The zero-order valence-electron chi connectivity index (χ0n) is 15.9. The van der Waals surface area contributed by atoms with Crippen LogP contribution in [0.15, 0.2) is 36.7 Å². The summed E-state index contributed by atoms with van der Waals surface area (Å²) >= 11 is 7.47. The fourth-order valence-corrected chi connectivity index (χ4v) is 3.79. The summed E-state index contributed by atoms with van der Waals surface area (Å²) in [5.74, 6) is -0.136. The Balaban J connectivity index is 1.75. The molecule has 29 heavy (non-hydrogen) atoms. The number of benzene rings is 1. The number of amides is 1. The fourth-order valence-electron chi connectivity index (χ4n) is 2.67. The molecule has 0 aliphatic heterocycles. The Kier molecular flexibility index (Phi) is 6.79. The summed E-state index contributed by atoms with van der Waals surface area (Å²) < 4.78 is 13.4. The first-order valence-corrected chi connectivity index (χ1v) is 10.1. The van der Waals surface area contributed by atoms with Crippen molar-refractivity contribution in [3.8, 4) is 10.4 Å². The molecule has 1 aromatic carbocycles. The van der Waals surface area contributed by atoms with Crippen LogP contribution >= 0.6 is 22.9 Å². The summed E-state index contributed by atoms with van der Waals surface area (Å²) in [7, 11) is 0. The van der Waals surface area contributed by atoms with Crippen LogP contribution in [0.4, 0.5) is 10.2 Å². The lowest BCUT2D eigenvalue weighted by Gasteiger charge is -2.10. The van der Waals surface area contributed by atoms with Gasteiger partial charge in [-0.3, -0.25) is 4.79 Å². The van der Waals surface area contributed by atoms with E-state index in [-0.39, 0.29) is 30.1 Å². The van der Waals surface area contributed by atoms with Gasteiger partial charge in [0.15, 0.2) is 5.01 Å². The van der Waals surface area contributed by atoms with E-state index in [4.69, 9.17) is 11.6 Å². The van der Waals surface area contributed by atoms with Gasteiger partial charge in [-0.05, 0) is 43.2 Å². The lowest BCUT2D eigenvalue weighted by atomic mass is 10.1. The molecule has 2 heterocycles. The molecule has 0 atom stereocenters. The van der Waals surface area contributed by atoms with E-state index in [2.05, 4.69) is 20.6 Å². The summed E-state index contributed by atoms with van der Waals surface area (Å²) in [6, 6.07) is 6.08. The molecule has 1 amide bonds. The molecule has 0 radical (unpaired) electrons. The van der Waals surface area contributed by atoms with Gasteiger partial charge in [-0.2, -0.15) is 0 Å². The van der Waals surface area contributed by atoms with Crippen molar-refractivity contribution in [2.45, 2.75) is 33.0 Å². The minimum absolute atomic E-state index is 0.0832. The van der Waals surface area contributed by atoms with Crippen LogP contribution in [0.2, 0.25) is 5.02 Å². The molecule has 0 aliphatic rings. The minimum atomic E-state index is -0.430. The number of aliphatic hydroxyl groups excluding tert-OH is 1. The number of rotatable bonds is 7. The van der Waals surface area contributed by atoms with Crippen molar-refractivity contribution in [2.24, 2.45) is 0 Å². The number of aliphatic hydroxyl groups is 1. The van der Waals surface area contributed by atoms with E-state index in [1.54, 1.807) is 12.4 Å². The monoisotopic (exact) mass is 434 g/mol. The molecular formula is C20H20ClFN4O2S. The van der Waals surface area contributed by atoms with Crippen LogP contribution < -0.4 is 10.6 Å². The van der Waals surface area contributed by atoms with Gasteiger partial charge in [0, 0.05) is 30.5 Å². The Bertz CT molecular complexity index is 1030. The van der Waals surface area contributed by atoms with Crippen molar-refractivity contribution >= 4 is 34.7 Å². The average Bonchev–Trinajstić information content (AvgIpc) is 3.17. The fraction of sp³-hybridized carbons (Fsp3) is 0.250. The maximum Gasteiger partial charge on any atom is 0.280 e. The van der Waals surface area contributed by atoms with Crippen molar-refractivity contribution in [3.63, 3.8) is 0 Å². The number of nitrogens with zero attached hydrogens (tertiary/aromatic N) is 2. The maximum absolute atomic E-state index is 13.4. The molecule has 0 saturated heterocycles. The Labute approximate surface area is 176 Å². The zero-order chi connectivity index (χ0) is 21.0. The molecule has 3 N–H and O–H groups in total. The average molecular weight is 435 g/mol. The molecule has 0 bridgehead atoms. The number of aromatic nitrogens is 2. The highest BCUT2D eigenvalue weighted by Gasteiger charge is 2.15. The zero-order valence-corrected chi connectivity index (χ0v) is 17.4. The Morgan fingerprint density at radius 2 is 2.03 bits per heavy atom. The van der Waals surface area contributed by atoms with Crippen LogP contribution in [0.25, 0.3) is 10.4 Å². The second kappa shape index (κ2) is 9.30. The van der Waals surface area contributed by atoms with Gasteiger partial charge in [-0.25, -0.2) is 14.4 Å². The molecule has 3 aromatic rings. The normalized spacial score (nSPS) is 11.0. The van der Waals surface area contributed by atoms with Crippen LogP contribution in [-0.2, 0) is 13.2 Å². The number of pyridine rings is 1. The van der Waals surface area contributed by atoms with Crippen LogP contribution in [0.3, 0.4) is 0 Å². The smallest absolute Gasteiger partial charge is 0.280 e. The summed E-state index contributed by atoms with van der Waals surface area (Å²) in [4.78, 5) is 21.6. The molecule has 3 rings (SSSR count). The first-order valence-electron chi connectivity index (χ1n) is 8.92. The summed E-state index contributed by atoms with van der Waals surface area (Å²) in [5.41, 5.74) is 1.80. The lowest BCUT2D eigenvalue weighted by molar-refractivity contribution is 0.0950. The minimum Gasteiger partial charge on any atom is -0.392 e.